The van der Waals surface area contributed by atoms with Crippen LogP contribution in [0, 0.1) is 5.92 Å². The Morgan fingerprint density at radius 2 is 1.62 bits per heavy atom. The minimum Gasteiger partial charge on any atom is -0.463 e. The van der Waals surface area contributed by atoms with E-state index in [1.807, 2.05) is 66.7 Å². The normalized spacial score (nSPS) is 24.0. The van der Waals surface area contributed by atoms with Gasteiger partial charge in [0.05, 0.1) is 32.0 Å². The van der Waals surface area contributed by atoms with Crippen LogP contribution >= 0.6 is 0 Å². The second kappa shape index (κ2) is 10.9. The lowest BCUT2D eigenvalue weighted by Crippen LogP contribution is -2.52. The van der Waals surface area contributed by atoms with E-state index < -0.39 is 0 Å². The molecule has 0 aromatic heterocycles. The number of carbonyl (C=O) groups excluding carboxylic acids is 1. The van der Waals surface area contributed by atoms with Crippen molar-refractivity contribution in [2.75, 3.05) is 13.2 Å². The van der Waals surface area contributed by atoms with Crippen LogP contribution in [-0.4, -0.2) is 37.5 Å². The molecule has 1 saturated heterocycles. The van der Waals surface area contributed by atoms with Crippen LogP contribution < -0.4 is 0 Å². The third-order valence-corrected chi connectivity index (χ3v) is 4.96. The Bertz CT molecular complexity index is 761. The van der Waals surface area contributed by atoms with Gasteiger partial charge in [-0.2, -0.15) is 0 Å². The van der Waals surface area contributed by atoms with Gasteiger partial charge in [-0.25, -0.2) is 0 Å². The van der Waals surface area contributed by atoms with E-state index >= 15 is 0 Å². The van der Waals surface area contributed by atoms with Crippen molar-refractivity contribution in [1.29, 1.82) is 0 Å². The standard InChI is InChI=1S/C24H28O5/c1-3-21-22(27-14-19-10-6-4-7-11-19)16-28-23(17-26-18(2)25)24(21)29-15-20-12-8-5-9-13-20/h3-13,21-24H,1,14-17H2,2H3. The minimum atomic E-state index is -0.373. The first-order valence-corrected chi connectivity index (χ1v) is 9.86. The molecule has 2 aromatic carbocycles. The molecule has 0 saturated carbocycles. The van der Waals surface area contributed by atoms with Crippen LogP contribution in [0.2, 0.25) is 0 Å². The summed E-state index contributed by atoms with van der Waals surface area (Å²) in [4.78, 5) is 11.3. The lowest BCUT2D eigenvalue weighted by Gasteiger charge is -2.41. The summed E-state index contributed by atoms with van der Waals surface area (Å²) in [5.74, 6) is -0.426. The number of rotatable bonds is 9. The van der Waals surface area contributed by atoms with Gasteiger partial charge in [-0.1, -0.05) is 66.7 Å². The number of hydrogen-bond donors (Lipinski definition) is 0. The van der Waals surface area contributed by atoms with E-state index in [0.717, 1.165) is 11.1 Å². The molecule has 1 fully saturated rings. The molecular weight excluding hydrogens is 368 g/mol. The van der Waals surface area contributed by atoms with Crippen LogP contribution in [0.3, 0.4) is 0 Å². The summed E-state index contributed by atoms with van der Waals surface area (Å²) in [5, 5.41) is 0. The first-order valence-electron chi connectivity index (χ1n) is 9.86. The zero-order valence-corrected chi connectivity index (χ0v) is 16.7. The third kappa shape index (κ3) is 6.26. The van der Waals surface area contributed by atoms with E-state index in [1.165, 1.54) is 6.92 Å². The molecule has 0 radical (unpaired) electrons. The van der Waals surface area contributed by atoms with Crippen molar-refractivity contribution in [2.24, 2.45) is 5.92 Å². The van der Waals surface area contributed by atoms with Gasteiger partial charge >= 0.3 is 5.97 Å². The number of benzene rings is 2. The van der Waals surface area contributed by atoms with Gasteiger partial charge < -0.3 is 18.9 Å². The molecule has 4 unspecified atom stereocenters. The van der Waals surface area contributed by atoms with Gasteiger partial charge in [-0.05, 0) is 11.1 Å². The molecule has 5 heteroatoms. The van der Waals surface area contributed by atoms with Crippen LogP contribution in [0.1, 0.15) is 18.1 Å². The molecule has 0 N–H and O–H groups in total. The van der Waals surface area contributed by atoms with Crippen molar-refractivity contribution >= 4 is 5.97 Å². The summed E-state index contributed by atoms with van der Waals surface area (Å²) in [6.07, 6.45) is 0.958. The van der Waals surface area contributed by atoms with E-state index in [4.69, 9.17) is 18.9 Å². The third-order valence-electron chi connectivity index (χ3n) is 4.96. The van der Waals surface area contributed by atoms with Crippen LogP contribution in [0.25, 0.3) is 0 Å². The maximum atomic E-state index is 11.3. The predicted octanol–water partition coefficient (Wildman–Crippen LogP) is 3.92. The van der Waals surface area contributed by atoms with E-state index in [9.17, 15) is 4.79 Å². The molecule has 1 heterocycles. The maximum Gasteiger partial charge on any atom is 0.302 e. The molecule has 0 amide bonds. The molecule has 1 aliphatic rings. The Labute approximate surface area is 172 Å². The lowest BCUT2D eigenvalue weighted by molar-refractivity contribution is -0.201. The summed E-state index contributed by atoms with van der Waals surface area (Å²) in [7, 11) is 0. The van der Waals surface area contributed by atoms with Crippen molar-refractivity contribution < 1.29 is 23.7 Å². The Morgan fingerprint density at radius 3 is 2.17 bits per heavy atom. The van der Waals surface area contributed by atoms with Crippen molar-refractivity contribution in [3.63, 3.8) is 0 Å². The lowest BCUT2D eigenvalue weighted by atomic mass is 9.89. The van der Waals surface area contributed by atoms with Gasteiger partial charge in [0, 0.05) is 12.8 Å². The molecular formula is C24H28O5. The highest BCUT2D eigenvalue weighted by Crippen LogP contribution is 2.29. The molecule has 2 aromatic rings. The number of carbonyl (C=O) groups is 1. The van der Waals surface area contributed by atoms with Gasteiger partial charge in [-0.3, -0.25) is 4.79 Å². The quantitative estimate of drug-likeness (QED) is 0.475. The zero-order valence-electron chi connectivity index (χ0n) is 16.7. The van der Waals surface area contributed by atoms with E-state index in [-0.39, 0.29) is 36.8 Å². The Morgan fingerprint density at radius 1 is 1.03 bits per heavy atom. The Kier molecular flexibility index (Phi) is 7.99. The summed E-state index contributed by atoms with van der Waals surface area (Å²) < 4.78 is 23.6. The average Bonchev–Trinajstić information content (AvgIpc) is 2.76. The first kappa shape index (κ1) is 21.2. The summed E-state index contributed by atoms with van der Waals surface area (Å²) in [5.41, 5.74) is 2.16. The van der Waals surface area contributed by atoms with Gasteiger partial charge in [0.2, 0.25) is 0 Å². The van der Waals surface area contributed by atoms with Crippen molar-refractivity contribution in [1.82, 2.24) is 0 Å². The highest BCUT2D eigenvalue weighted by Gasteiger charge is 2.41. The Hall–Kier alpha value is -2.47. The highest BCUT2D eigenvalue weighted by molar-refractivity contribution is 5.65. The fraction of sp³-hybridized carbons (Fsp3) is 0.375. The van der Waals surface area contributed by atoms with Gasteiger partial charge in [0.1, 0.15) is 12.7 Å². The van der Waals surface area contributed by atoms with E-state index in [0.29, 0.717) is 19.8 Å². The smallest absolute Gasteiger partial charge is 0.302 e. The van der Waals surface area contributed by atoms with Crippen LogP contribution in [0.15, 0.2) is 73.3 Å². The second-order valence-corrected chi connectivity index (χ2v) is 7.08. The first-order chi connectivity index (χ1) is 14.2. The summed E-state index contributed by atoms with van der Waals surface area (Å²) in [6, 6.07) is 20.0. The Balaban J connectivity index is 1.68. The zero-order chi connectivity index (χ0) is 20.5. The summed E-state index contributed by atoms with van der Waals surface area (Å²) in [6.45, 7) is 6.84. The molecule has 0 bridgehead atoms. The van der Waals surface area contributed by atoms with Crippen molar-refractivity contribution in [3.8, 4) is 0 Å². The van der Waals surface area contributed by atoms with E-state index in [2.05, 4.69) is 6.58 Å². The van der Waals surface area contributed by atoms with Crippen LogP contribution in [-0.2, 0) is 37.0 Å². The molecule has 1 aliphatic heterocycles. The largest absolute Gasteiger partial charge is 0.463 e. The van der Waals surface area contributed by atoms with Crippen LogP contribution in [0.5, 0.6) is 0 Å². The van der Waals surface area contributed by atoms with Gasteiger partial charge in [0.15, 0.2) is 0 Å². The molecule has 5 nitrogen and oxygen atoms in total. The fourth-order valence-corrected chi connectivity index (χ4v) is 3.43. The number of esters is 1. The molecule has 4 atom stereocenters. The van der Waals surface area contributed by atoms with Gasteiger partial charge in [0.25, 0.3) is 0 Å². The molecule has 154 valence electrons. The second-order valence-electron chi connectivity index (χ2n) is 7.08. The highest BCUT2D eigenvalue weighted by atomic mass is 16.6. The van der Waals surface area contributed by atoms with Crippen LogP contribution in [0.4, 0.5) is 0 Å². The monoisotopic (exact) mass is 396 g/mol. The topological polar surface area (TPSA) is 54.0 Å². The fourth-order valence-electron chi connectivity index (χ4n) is 3.43. The molecule has 29 heavy (non-hydrogen) atoms. The van der Waals surface area contributed by atoms with Crippen molar-refractivity contribution in [3.05, 3.63) is 84.4 Å². The summed E-state index contributed by atoms with van der Waals surface area (Å²) >= 11 is 0. The molecule has 0 spiro atoms. The number of ether oxygens (including phenoxy) is 4. The van der Waals surface area contributed by atoms with Crippen molar-refractivity contribution in [2.45, 2.75) is 38.4 Å². The molecule has 0 aliphatic carbocycles. The average molecular weight is 396 g/mol. The van der Waals surface area contributed by atoms with E-state index in [1.54, 1.807) is 0 Å². The van der Waals surface area contributed by atoms with Gasteiger partial charge in [-0.15, -0.1) is 6.58 Å². The maximum absolute atomic E-state index is 11.3. The number of hydrogen-bond acceptors (Lipinski definition) is 5. The SMILES string of the molecule is C=CC1C(OCc2ccccc2)COC(COC(C)=O)C1OCc1ccccc1. The molecule has 3 rings (SSSR count). The predicted molar refractivity (Wildman–Crippen MR) is 110 cm³/mol. The minimum absolute atomic E-state index is 0.0864.